The van der Waals surface area contributed by atoms with Gasteiger partial charge in [-0.25, -0.2) is 4.68 Å². The van der Waals surface area contributed by atoms with Crippen molar-refractivity contribution in [3.8, 4) is 5.69 Å². The van der Waals surface area contributed by atoms with Gasteiger partial charge in [0.1, 0.15) is 0 Å². The summed E-state index contributed by atoms with van der Waals surface area (Å²) in [5.74, 6) is -0.170. The molecule has 1 aromatic carbocycles. The number of carbonyl (C=O) groups is 1. The standard InChI is InChI=1S/C18H21F3N4O/c1-12-16(17(26)24-8-3-2-6-15(24)10-22)11-23-25(12)14-7-4-5-13(9-14)18(19,20)21/h4-5,7,9,11,15H,2-3,6,8,10,22H2,1H3/t15-/m0/s1. The molecule has 26 heavy (non-hydrogen) atoms. The van der Waals surface area contributed by atoms with E-state index in [0.29, 0.717) is 24.3 Å². The predicted octanol–water partition coefficient (Wildman–Crippen LogP) is 3.15. The molecule has 0 radical (unpaired) electrons. The number of hydrogen-bond acceptors (Lipinski definition) is 3. The Bertz CT molecular complexity index is 800. The highest BCUT2D eigenvalue weighted by molar-refractivity contribution is 5.95. The van der Waals surface area contributed by atoms with E-state index < -0.39 is 11.7 Å². The van der Waals surface area contributed by atoms with Crippen molar-refractivity contribution < 1.29 is 18.0 Å². The van der Waals surface area contributed by atoms with Gasteiger partial charge in [0.15, 0.2) is 0 Å². The first-order valence-corrected chi connectivity index (χ1v) is 8.56. The zero-order valence-electron chi connectivity index (χ0n) is 14.5. The van der Waals surface area contributed by atoms with E-state index in [1.165, 1.54) is 23.0 Å². The van der Waals surface area contributed by atoms with Crippen LogP contribution in [0.4, 0.5) is 13.2 Å². The molecule has 1 fully saturated rings. The highest BCUT2D eigenvalue weighted by Crippen LogP contribution is 2.30. The van der Waals surface area contributed by atoms with Gasteiger partial charge in [0, 0.05) is 19.1 Å². The third-order valence-corrected chi connectivity index (χ3v) is 4.82. The third-order valence-electron chi connectivity index (χ3n) is 4.82. The molecule has 2 aromatic rings. The van der Waals surface area contributed by atoms with Crippen molar-refractivity contribution in [3.05, 3.63) is 47.3 Å². The Hall–Kier alpha value is -2.35. The first kappa shape index (κ1) is 18.4. The van der Waals surface area contributed by atoms with E-state index in [9.17, 15) is 18.0 Å². The number of nitrogens with two attached hydrogens (primary N) is 1. The van der Waals surface area contributed by atoms with Crippen LogP contribution in [0.3, 0.4) is 0 Å². The lowest BCUT2D eigenvalue weighted by molar-refractivity contribution is -0.137. The SMILES string of the molecule is Cc1c(C(=O)N2CCCC[C@H]2CN)cnn1-c1cccc(C(F)(F)F)c1. The molecule has 1 aliphatic rings. The van der Waals surface area contributed by atoms with Gasteiger partial charge in [0.2, 0.25) is 0 Å². The number of alkyl halides is 3. The van der Waals surface area contributed by atoms with E-state index in [-0.39, 0.29) is 17.6 Å². The lowest BCUT2D eigenvalue weighted by atomic mass is 10.0. The second-order valence-corrected chi connectivity index (χ2v) is 6.49. The number of rotatable bonds is 3. The molecule has 5 nitrogen and oxygen atoms in total. The van der Waals surface area contributed by atoms with Gasteiger partial charge in [-0.05, 0) is 44.4 Å². The molecule has 1 amide bonds. The minimum Gasteiger partial charge on any atom is -0.334 e. The zero-order valence-corrected chi connectivity index (χ0v) is 14.5. The fraction of sp³-hybridized carbons (Fsp3) is 0.444. The van der Waals surface area contributed by atoms with Gasteiger partial charge in [-0.3, -0.25) is 4.79 Å². The molecule has 0 unspecified atom stereocenters. The number of piperidine rings is 1. The van der Waals surface area contributed by atoms with Gasteiger partial charge in [-0.1, -0.05) is 6.07 Å². The van der Waals surface area contributed by atoms with Gasteiger partial charge in [0.05, 0.1) is 28.7 Å². The number of nitrogens with zero attached hydrogens (tertiary/aromatic N) is 3. The van der Waals surface area contributed by atoms with Gasteiger partial charge >= 0.3 is 6.18 Å². The Labute approximate surface area is 149 Å². The normalized spacial score (nSPS) is 18.2. The number of carbonyl (C=O) groups excluding carboxylic acids is 1. The van der Waals surface area contributed by atoms with Crippen LogP contribution in [0.5, 0.6) is 0 Å². The van der Waals surface area contributed by atoms with Crippen molar-refractivity contribution in [2.45, 2.75) is 38.4 Å². The quantitative estimate of drug-likeness (QED) is 0.908. The average molecular weight is 366 g/mol. The van der Waals surface area contributed by atoms with Crippen LogP contribution in [0.15, 0.2) is 30.5 Å². The minimum atomic E-state index is -4.43. The molecule has 0 aliphatic carbocycles. The van der Waals surface area contributed by atoms with Gasteiger partial charge < -0.3 is 10.6 Å². The molecule has 140 valence electrons. The minimum absolute atomic E-state index is 0.00689. The Morgan fingerprint density at radius 1 is 1.35 bits per heavy atom. The predicted molar refractivity (Wildman–Crippen MR) is 91.0 cm³/mol. The van der Waals surface area contributed by atoms with Crippen molar-refractivity contribution in [1.29, 1.82) is 0 Å². The van der Waals surface area contributed by atoms with Crippen molar-refractivity contribution in [2.24, 2.45) is 5.73 Å². The van der Waals surface area contributed by atoms with Gasteiger partial charge in [-0.15, -0.1) is 0 Å². The number of hydrogen-bond donors (Lipinski definition) is 1. The number of amides is 1. The first-order valence-electron chi connectivity index (χ1n) is 8.56. The molecule has 3 rings (SSSR count). The van der Waals surface area contributed by atoms with Crippen molar-refractivity contribution in [1.82, 2.24) is 14.7 Å². The number of halogens is 3. The highest BCUT2D eigenvalue weighted by atomic mass is 19.4. The summed E-state index contributed by atoms with van der Waals surface area (Å²) < 4.78 is 40.2. The molecule has 0 bridgehead atoms. The molecule has 0 saturated carbocycles. The topological polar surface area (TPSA) is 64.2 Å². The molecule has 1 aliphatic heterocycles. The summed E-state index contributed by atoms with van der Waals surface area (Å²) in [6.07, 6.45) is -0.196. The second-order valence-electron chi connectivity index (χ2n) is 6.49. The summed E-state index contributed by atoms with van der Waals surface area (Å²) in [5, 5.41) is 4.15. The number of aromatic nitrogens is 2. The van der Waals surface area contributed by atoms with Crippen molar-refractivity contribution in [2.75, 3.05) is 13.1 Å². The summed E-state index contributed by atoms with van der Waals surface area (Å²) >= 11 is 0. The smallest absolute Gasteiger partial charge is 0.334 e. The summed E-state index contributed by atoms with van der Waals surface area (Å²) in [6.45, 7) is 2.71. The monoisotopic (exact) mass is 366 g/mol. The maximum absolute atomic E-state index is 12.9. The van der Waals surface area contributed by atoms with Crippen LogP contribution in [-0.4, -0.2) is 39.7 Å². The Balaban J connectivity index is 1.92. The van der Waals surface area contributed by atoms with E-state index in [2.05, 4.69) is 5.10 Å². The fourth-order valence-corrected chi connectivity index (χ4v) is 3.36. The Kier molecular flexibility index (Phi) is 5.04. The van der Waals surface area contributed by atoms with Crippen LogP contribution in [-0.2, 0) is 6.18 Å². The van der Waals surface area contributed by atoms with Gasteiger partial charge in [0.25, 0.3) is 5.91 Å². The van der Waals surface area contributed by atoms with Crippen LogP contribution >= 0.6 is 0 Å². The molecular weight excluding hydrogens is 345 g/mol. The molecular formula is C18H21F3N4O. The zero-order chi connectivity index (χ0) is 18.9. The number of benzene rings is 1. The molecule has 1 aromatic heterocycles. The van der Waals surface area contributed by atoms with Crippen LogP contribution < -0.4 is 5.73 Å². The van der Waals surface area contributed by atoms with Crippen molar-refractivity contribution in [3.63, 3.8) is 0 Å². The molecule has 0 spiro atoms. The maximum atomic E-state index is 12.9. The molecule has 2 heterocycles. The largest absolute Gasteiger partial charge is 0.416 e. The van der Waals surface area contributed by atoms with E-state index in [4.69, 9.17) is 5.73 Å². The summed E-state index contributed by atoms with van der Waals surface area (Å²) in [5.41, 5.74) is 6.20. The molecule has 8 heteroatoms. The van der Waals surface area contributed by atoms with E-state index in [1.54, 1.807) is 11.8 Å². The van der Waals surface area contributed by atoms with E-state index >= 15 is 0 Å². The highest BCUT2D eigenvalue weighted by Gasteiger charge is 2.31. The van der Waals surface area contributed by atoms with Crippen LogP contribution in [0.1, 0.15) is 40.9 Å². The number of likely N-dealkylation sites (tertiary alicyclic amines) is 1. The summed E-state index contributed by atoms with van der Waals surface area (Å²) in [4.78, 5) is 14.7. The van der Waals surface area contributed by atoms with E-state index in [0.717, 1.165) is 31.4 Å². The van der Waals surface area contributed by atoms with Crippen LogP contribution in [0.25, 0.3) is 5.69 Å². The molecule has 2 N–H and O–H groups in total. The third kappa shape index (κ3) is 3.46. The second kappa shape index (κ2) is 7.11. The maximum Gasteiger partial charge on any atom is 0.416 e. The van der Waals surface area contributed by atoms with Crippen LogP contribution in [0, 0.1) is 6.92 Å². The van der Waals surface area contributed by atoms with Gasteiger partial charge in [-0.2, -0.15) is 18.3 Å². The fourth-order valence-electron chi connectivity index (χ4n) is 3.36. The molecule has 1 atom stereocenters. The first-order chi connectivity index (χ1) is 12.3. The van der Waals surface area contributed by atoms with Crippen molar-refractivity contribution >= 4 is 5.91 Å². The molecule has 1 saturated heterocycles. The Morgan fingerprint density at radius 3 is 2.81 bits per heavy atom. The lowest BCUT2D eigenvalue weighted by Gasteiger charge is -2.35. The summed E-state index contributed by atoms with van der Waals surface area (Å²) in [6, 6.07) is 4.89. The Morgan fingerprint density at radius 2 is 2.12 bits per heavy atom. The average Bonchev–Trinajstić information content (AvgIpc) is 3.02. The summed E-state index contributed by atoms with van der Waals surface area (Å²) in [7, 11) is 0. The van der Waals surface area contributed by atoms with Crippen LogP contribution in [0.2, 0.25) is 0 Å². The van der Waals surface area contributed by atoms with E-state index in [1.807, 2.05) is 0 Å². The lowest BCUT2D eigenvalue weighted by Crippen LogP contribution is -2.47.